The summed E-state index contributed by atoms with van der Waals surface area (Å²) in [6.07, 6.45) is 0.221. The van der Waals surface area contributed by atoms with Gasteiger partial charge in [-0.25, -0.2) is 4.79 Å². The largest absolute Gasteiger partial charge is 0.337 e. The first-order valence-corrected chi connectivity index (χ1v) is 7.45. The summed E-state index contributed by atoms with van der Waals surface area (Å²) in [7, 11) is 0. The van der Waals surface area contributed by atoms with Crippen molar-refractivity contribution >= 4 is 29.2 Å². The van der Waals surface area contributed by atoms with Gasteiger partial charge in [0.2, 0.25) is 5.91 Å². The van der Waals surface area contributed by atoms with Crippen LogP contribution in [0.3, 0.4) is 0 Å². The molecule has 1 rings (SSSR count). The third-order valence-electron chi connectivity index (χ3n) is 3.22. The molecule has 6 heteroatoms. The van der Waals surface area contributed by atoms with Crippen LogP contribution in [0.1, 0.15) is 25.8 Å². The maximum atomic E-state index is 11.8. The molecular formula is C15H22ClN3O2. The van der Waals surface area contributed by atoms with Gasteiger partial charge in [0, 0.05) is 36.8 Å². The molecule has 5 nitrogen and oxygen atoms in total. The average molecular weight is 312 g/mol. The van der Waals surface area contributed by atoms with E-state index in [1.54, 1.807) is 23.1 Å². The van der Waals surface area contributed by atoms with Crippen molar-refractivity contribution in [2.75, 3.05) is 25.0 Å². The number of nitrogens with one attached hydrogen (secondary N) is 2. The molecule has 0 bridgehead atoms. The zero-order valence-corrected chi connectivity index (χ0v) is 13.5. The highest BCUT2D eigenvalue weighted by molar-refractivity contribution is 6.31. The van der Waals surface area contributed by atoms with Crippen LogP contribution in [0.4, 0.5) is 10.5 Å². The van der Waals surface area contributed by atoms with Crippen LogP contribution >= 0.6 is 11.6 Å². The van der Waals surface area contributed by atoms with E-state index >= 15 is 0 Å². The van der Waals surface area contributed by atoms with Gasteiger partial charge in [0.15, 0.2) is 0 Å². The summed E-state index contributed by atoms with van der Waals surface area (Å²) in [4.78, 5) is 25.2. The molecule has 0 atom stereocenters. The molecule has 0 saturated heterocycles. The smallest absolute Gasteiger partial charge is 0.317 e. The van der Waals surface area contributed by atoms with Gasteiger partial charge in [-0.2, -0.15) is 0 Å². The molecule has 0 radical (unpaired) electrons. The van der Waals surface area contributed by atoms with Crippen molar-refractivity contribution in [3.8, 4) is 0 Å². The molecule has 1 aromatic rings. The maximum absolute atomic E-state index is 11.8. The minimum absolute atomic E-state index is 0.147. The molecule has 0 fully saturated rings. The Hall–Kier alpha value is -1.75. The fourth-order valence-corrected chi connectivity index (χ4v) is 2.04. The van der Waals surface area contributed by atoms with E-state index in [1.807, 2.05) is 20.8 Å². The van der Waals surface area contributed by atoms with E-state index in [2.05, 4.69) is 10.6 Å². The van der Waals surface area contributed by atoms with Gasteiger partial charge >= 0.3 is 6.03 Å². The number of nitrogens with zero attached hydrogens (tertiary/aromatic N) is 1. The van der Waals surface area contributed by atoms with Crippen molar-refractivity contribution in [2.45, 2.75) is 27.2 Å². The summed E-state index contributed by atoms with van der Waals surface area (Å²) in [5, 5.41) is 6.13. The Kier molecular flexibility index (Phi) is 7.02. The summed E-state index contributed by atoms with van der Waals surface area (Å²) in [5.41, 5.74) is 1.53. The predicted octanol–water partition coefficient (Wildman–Crippen LogP) is 3.03. The third kappa shape index (κ3) is 5.27. The van der Waals surface area contributed by atoms with Crippen molar-refractivity contribution in [2.24, 2.45) is 0 Å². The number of urea groups is 1. The summed E-state index contributed by atoms with van der Waals surface area (Å²) in [6, 6.07) is 5.21. The van der Waals surface area contributed by atoms with E-state index in [-0.39, 0.29) is 18.4 Å². The van der Waals surface area contributed by atoms with Crippen LogP contribution in [0.2, 0.25) is 5.02 Å². The van der Waals surface area contributed by atoms with Crippen molar-refractivity contribution < 1.29 is 9.59 Å². The van der Waals surface area contributed by atoms with Crippen LogP contribution in [0.25, 0.3) is 0 Å². The highest BCUT2D eigenvalue weighted by atomic mass is 35.5. The standard InChI is InChI=1S/C15H22ClN3O2/c1-4-19(5-2)15(21)17-10-9-14(20)18-13-8-6-7-12(16)11(13)3/h6-8H,4-5,9-10H2,1-3H3,(H,17,21)(H,18,20). The number of hydrogen-bond acceptors (Lipinski definition) is 2. The van der Waals surface area contributed by atoms with Crippen molar-refractivity contribution in [1.29, 1.82) is 0 Å². The number of carbonyl (C=O) groups is 2. The Morgan fingerprint density at radius 1 is 1.24 bits per heavy atom. The second-order valence-corrected chi connectivity index (χ2v) is 5.02. The molecule has 0 aliphatic rings. The van der Waals surface area contributed by atoms with Crippen LogP contribution in [-0.4, -0.2) is 36.5 Å². The number of benzene rings is 1. The van der Waals surface area contributed by atoms with Gasteiger partial charge in [0.05, 0.1) is 0 Å². The number of anilines is 1. The average Bonchev–Trinajstić information content (AvgIpc) is 2.45. The van der Waals surface area contributed by atoms with Crippen LogP contribution in [0.15, 0.2) is 18.2 Å². The summed E-state index contributed by atoms with van der Waals surface area (Å²) in [6.45, 7) is 7.28. The Balaban J connectivity index is 2.41. The number of carbonyl (C=O) groups excluding carboxylic acids is 2. The van der Waals surface area contributed by atoms with Gasteiger partial charge in [-0.1, -0.05) is 17.7 Å². The first kappa shape index (κ1) is 17.3. The first-order valence-electron chi connectivity index (χ1n) is 7.07. The minimum Gasteiger partial charge on any atom is -0.337 e. The van der Waals surface area contributed by atoms with Crippen molar-refractivity contribution in [3.63, 3.8) is 0 Å². The molecule has 0 aliphatic heterocycles. The quantitative estimate of drug-likeness (QED) is 0.848. The van der Waals surface area contributed by atoms with Crippen LogP contribution in [0.5, 0.6) is 0 Å². The summed E-state index contributed by atoms with van der Waals surface area (Å²) < 4.78 is 0. The van der Waals surface area contributed by atoms with Crippen LogP contribution in [0, 0.1) is 6.92 Å². The molecule has 2 N–H and O–H groups in total. The SMILES string of the molecule is CCN(CC)C(=O)NCCC(=O)Nc1cccc(Cl)c1C. The predicted molar refractivity (Wildman–Crippen MR) is 85.8 cm³/mol. The van der Waals surface area contributed by atoms with Gasteiger partial charge < -0.3 is 15.5 Å². The van der Waals surface area contributed by atoms with E-state index in [1.165, 1.54) is 0 Å². The summed E-state index contributed by atoms with van der Waals surface area (Å²) in [5.74, 6) is -0.153. The lowest BCUT2D eigenvalue weighted by Gasteiger charge is -2.19. The second kappa shape index (κ2) is 8.52. The fraction of sp³-hybridized carbons (Fsp3) is 0.467. The zero-order valence-electron chi connectivity index (χ0n) is 12.7. The lowest BCUT2D eigenvalue weighted by molar-refractivity contribution is -0.116. The molecule has 116 valence electrons. The van der Waals surface area contributed by atoms with Crippen molar-refractivity contribution in [1.82, 2.24) is 10.2 Å². The van der Waals surface area contributed by atoms with Gasteiger partial charge in [-0.15, -0.1) is 0 Å². The molecular weight excluding hydrogens is 290 g/mol. The van der Waals surface area contributed by atoms with Gasteiger partial charge in [0.25, 0.3) is 0 Å². The number of hydrogen-bond donors (Lipinski definition) is 2. The Morgan fingerprint density at radius 2 is 1.90 bits per heavy atom. The lowest BCUT2D eigenvalue weighted by Crippen LogP contribution is -2.40. The van der Waals surface area contributed by atoms with Gasteiger partial charge in [-0.3, -0.25) is 4.79 Å². The van der Waals surface area contributed by atoms with E-state index in [4.69, 9.17) is 11.6 Å². The first-order chi connectivity index (χ1) is 9.99. The third-order valence-corrected chi connectivity index (χ3v) is 3.63. The van der Waals surface area contributed by atoms with E-state index in [0.29, 0.717) is 30.3 Å². The highest BCUT2D eigenvalue weighted by Gasteiger charge is 2.10. The highest BCUT2D eigenvalue weighted by Crippen LogP contribution is 2.22. The fourth-order valence-electron chi connectivity index (χ4n) is 1.86. The van der Waals surface area contributed by atoms with E-state index < -0.39 is 0 Å². The van der Waals surface area contributed by atoms with E-state index in [9.17, 15) is 9.59 Å². The number of rotatable bonds is 6. The molecule has 0 aliphatic carbocycles. The maximum Gasteiger partial charge on any atom is 0.317 e. The van der Waals surface area contributed by atoms with Gasteiger partial charge in [-0.05, 0) is 38.5 Å². The molecule has 0 saturated carbocycles. The zero-order chi connectivity index (χ0) is 15.8. The summed E-state index contributed by atoms with van der Waals surface area (Å²) >= 11 is 6.00. The number of amides is 3. The molecule has 3 amide bonds. The second-order valence-electron chi connectivity index (χ2n) is 4.61. The number of halogens is 1. The van der Waals surface area contributed by atoms with Gasteiger partial charge in [0.1, 0.15) is 0 Å². The topological polar surface area (TPSA) is 61.4 Å². The minimum atomic E-state index is -0.153. The lowest BCUT2D eigenvalue weighted by atomic mass is 10.2. The van der Waals surface area contributed by atoms with Crippen LogP contribution < -0.4 is 10.6 Å². The molecule has 0 spiro atoms. The Bertz CT molecular complexity index is 502. The van der Waals surface area contributed by atoms with E-state index in [0.717, 1.165) is 5.56 Å². The molecule has 1 aromatic carbocycles. The van der Waals surface area contributed by atoms with Crippen LogP contribution in [-0.2, 0) is 4.79 Å². The Morgan fingerprint density at radius 3 is 2.52 bits per heavy atom. The molecule has 0 heterocycles. The molecule has 0 aromatic heterocycles. The molecule has 0 unspecified atom stereocenters. The monoisotopic (exact) mass is 311 g/mol. The Labute approximate surface area is 130 Å². The normalized spacial score (nSPS) is 10.1. The molecule has 21 heavy (non-hydrogen) atoms. The van der Waals surface area contributed by atoms with Crippen molar-refractivity contribution in [3.05, 3.63) is 28.8 Å².